The Hall–Kier alpha value is -1.76. The fourth-order valence-corrected chi connectivity index (χ4v) is 0.592. The van der Waals surface area contributed by atoms with Gasteiger partial charge in [0.15, 0.2) is 0 Å². The first-order chi connectivity index (χ1) is 6.41. The second kappa shape index (κ2) is 10.2. The van der Waals surface area contributed by atoms with Gasteiger partial charge in [-0.25, -0.2) is 0 Å². The normalized spacial score (nSPS) is 13.2. The van der Waals surface area contributed by atoms with Gasteiger partial charge in [-0.15, -0.1) is 0 Å². The third-order valence-corrected chi connectivity index (χ3v) is 1.14. The van der Waals surface area contributed by atoms with E-state index < -0.39 is 0 Å². The lowest BCUT2D eigenvalue weighted by Gasteiger charge is -1.73. The van der Waals surface area contributed by atoms with Gasteiger partial charge in [0, 0.05) is 0 Å². The topological polar surface area (TPSA) is 26.0 Å². The molecular weight excluding hydrogens is 158 g/mol. The Morgan fingerprint density at radius 3 is 1.38 bits per heavy atom. The van der Waals surface area contributed by atoms with Gasteiger partial charge in [-0.05, 0) is 12.3 Å². The van der Waals surface area contributed by atoms with Crippen LogP contribution >= 0.6 is 0 Å². The SMILES string of the molecule is C=CC=CC=CC=CC=CC=CN. The van der Waals surface area contributed by atoms with Crippen LogP contribution in [0.1, 0.15) is 0 Å². The Morgan fingerprint density at radius 1 is 0.615 bits per heavy atom. The molecule has 0 aromatic carbocycles. The first kappa shape index (κ1) is 11.2. The van der Waals surface area contributed by atoms with Crippen molar-refractivity contribution in [2.45, 2.75) is 0 Å². The van der Waals surface area contributed by atoms with E-state index in [1.807, 2.05) is 48.6 Å². The standard InChI is InChI=1S/C12H15N/c1-2-3-4-5-6-7-8-9-10-11-12-13/h2-12H,1,13H2. The van der Waals surface area contributed by atoms with Gasteiger partial charge in [-0.2, -0.15) is 0 Å². The molecule has 0 unspecified atom stereocenters. The van der Waals surface area contributed by atoms with Crippen LogP contribution in [0, 0.1) is 0 Å². The fraction of sp³-hybridized carbons (Fsp3) is 0. The molecule has 13 heavy (non-hydrogen) atoms. The van der Waals surface area contributed by atoms with Gasteiger partial charge in [0.05, 0.1) is 0 Å². The van der Waals surface area contributed by atoms with Crippen molar-refractivity contribution in [3.63, 3.8) is 0 Å². The number of hydrogen-bond acceptors (Lipinski definition) is 1. The number of rotatable bonds is 5. The van der Waals surface area contributed by atoms with Crippen LogP contribution in [-0.4, -0.2) is 0 Å². The summed E-state index contributed by atoms with van der Waals surface area (Å²) in [6.07, 6.45) is 20.3. The Morgan fingerprint density at radius 2 is 1.00 bits per heavy atom. The Bertz CT molecular complexity index is 252. The van der Waals surface area contributed by atoms with Gasteiger partial charge in [-0.1, -0.05) is 61.3 Å². The molecule has 0 saturated heterocycles. The largest absolute Gasteiger partial charge is 0.405 e. The number of allylic oxidation sites excluding steroid dienone is 10. The number of nitrogens with two attached hydrogens (primary N) is 1. The van der Waals surface area contributed by atoms with Crippen LogP contribution in [0.25, 0.3) is 0 Å². The van der Waals surface area contributed by atoms with Crippen LogP contribution in [0.5, 0.6) is 0 Å². The summed E-state index contributed by atoms with van der Waals surface area (Å²) >= 11 is 0. The van der Waals surface area contributed by atoms with Crippen molar-refractivity contribution in [2.24, 2.45) is 5.73 Å². The predicted octanol–water partition coefficient (Wildman–Crippen LogP) is 2.87. The van der Waals surface area contributed by atoms with Gasteiger partial charge in [0.25, 0.3) is 0 Å². The summed E-state index contributed by atoms with van der Waals surface area (Å²) in [6, 6.07) is 0. The van der Waals surface area contributed by atoms with Crippen molar-refractivity contribution in [3.05, 3.63) is 73.5 Å². The van der Waals surface area contributed by atoms with Crippen LogP contribution in [-0.2, 0) is 0 Å². The van der Waals surface area contributed by atoms with E-state index in [4.69, 9.17) is 5.73 Å². The third kappa shape index (κ3) is 10.2. The minimum Gasteiger partial charge on any atom is -0.405 e. The summed E-state index contributed by atoms with van der Waals surface area (Å²) in [6.45, 7) is 3.56. The highest BCUT2D eigenvalue weighted by atomic mass is 14.5. The molecule has 0 fully saturated rings. The summed E-state index contributed by atoms with van der Waals surface area (Å²) in [5.41, 5.74) is 5.14. The van der Waals surface area contributed by atoms with Crippen LogP contribution < -0.4 is 5.73 Å². The zero-order chi connectivity index (χ0) is 9.78. The smallest absolute Gasteiger partial charge is 0.00624 e. The van der Waals surface area contributed by atoms with Gasteiger partial charge in [-0.3, -0.25) is 0 Å². The lowest BCUT2D eigenvalue weighted by Crippen LogP contribution is -1.71. The summed E-state index contributed by atoms with van der Waals surface area (Å²) in [5.74, 6) is 0. The van der Waals surface area contributed by atoms with Crippen molar-refractivity contribution in [3.8, 4) is 0 Å². The summed E-state index contributed by atoms with van der Waals surface area (Å²) < 4.78 is 0. The van der Waals surface area contributed by atoms with Gasteiger partial charge in [0.1, 0.15) is 0 Å². The Balaban J connectivity index is 3.68. The number of hydrogen-bond donors (Lipinski definition) is 1. The van der Waals surface area contributed by atoms with E-state index >= 15 is 0 Å². The highest BCUT2D eigenvalue weighted by Gasteiger charge is 1.61. The van der Waals surface area contributed by atoms with Crippen LogP contribution in [0.3, 0.4) is 0 Å². The highest BCUT2D eigenvalue weighted by Crippen LogP contribution is 1.82. The molecule has 0 radical (unpaired) electrons. The van der Waals surface area contributed by atoms with Crippen molar-refractivity contribution >= 4 is 0 Å². The van der Waals surface area contributed by atoms with E-state index in [1.54, 1.807) is 12.2 Å². The molecule has 0 aromatic rings. The Kier molecular flexibility index (Phi) is 8.85. The molecule has 0 aliphatic rings. The van der Waals surface area contributed by atoms with Gasteiger partial charge >= 0.3 is 0 Å². The second-order valence-electron chi connectivity index (χ2n) is 2.16. The minimum atomic E-state index is 1.49. The quantitative estimate of drug-likeness (QED) is 0.636. The molecule has 0 atom stereocenters. The van der Waals surface area contributed by atoms with Crippen LogP contribution in [0.4, 0.5) is 0 Å². The maximum absolute atomic E-state index is 5.14. The summed E-state index contributed by atoms with van der Waals surface area (Å²) in [5, 5.41) is 0. The lowest BCUT2D eigenvalue weighted by molar-refractivity contribution is 1.60. The molecule has 0 saturated carbocycles. The molecule has 0 rings (SSSR count). The highest BCUT2D eigenvalue weighted by molar-refractivity contribution is 5.18. The van der Waals surface area contributed by atoms with Crippen molar-refractivity contribution in [1.82, 2.24) is 0 Å². The monoisotopic (exact) mass is 173 g/mol. The molecule has 68 valence electrons. The molecule has 1 nitrogen and oxygen atoms in total. The van der Waals surface area contributed by atoms with Crippen LogP contribution in [0.15, 0.2) is 73.5 Å². The van der Waals surface area contributed by atoms with E-state index in [0.29, 0.717) is 0 Å². The molecule has 0 spiro atoms. The molecule has 0 aliphatic carbocycles. The summed E-state index contributed by atoms with van der Waals surface area (Å²) in [4.78, 5) is 0. The van der Waals surface area contributed by atoms with Crippen molar-refractivity contribution in [2.75, 3.05) is 0 Å². The zero-order valence-corrected chi connectivity index (χ0v) is 7.64. The van der Waals surface area contributed by atoms with Gasteiger partial charge < -0.3 is 5.73 Å². The first-order valence-corrected chi connectivity index (χ1v) is 4.07. The molecule has 0 aromatic heterocycles. The average molecular weight is 173 g/mol. The molecule has 1 heteroatoms. The predicted molar refractivity (Wildman–Crippen MR) is 60.1 cm³/mol. The zero-order valence-electron chi connectivity index (χ0n) is 7.64. The Labute approximate surface area is 80.0 Å². The molecule has 2 N–H and O–H groups in total. The maximum atomic E-state index is 5.14. The summed E-state index contributed by atoms with van der Waals surface area (Å²) in [7, 11) is 0. The maximum Gasteiger partial charge on any atom is -0.00624 e. The van der Waals surface area contributed by atoms with Gasteiger partial charge in [0.2, 0.25) is 0 Å². The minimum absolute atomic E-state index is 1.49. The third-order valence-electron chi connectivity index (χ3n) is 1.14. The second-order valence-corrected chi connectivity index (χ2v) is 2.16. The average Bonchev–Trinajstić information content (AvgIpc) is 2.16. The molecule has 0 bridgehead atoms. The van der Waals surface area contributed by atoms with E-state index in [-0.39, 0.29) is 0 Å². The van der Waals surface area contributed by atoms with E-state index in [2.05, 4.69) is 6.58 Å². The molecule has 0 amide bonds. The van der Waals surface area contributed by atoms with Crippen molar-refractivity contribution < 1.29 is 0 Å². The lowest BCUT2D eigenvalue weighted by atomic mass is 10.4. The van der Waals surface area contributed by atoms with E-state index in [0.717, 1.165) is 0 Å². The van der Waals surface area contributed by atoms with E-state index in [1.165, 1.54) is 6.20 Å². The molecule has 0 heterocycles. The first-order valence-electron chi connectivity index (χ1n) is 4.07. The van der Waals surface area contributed by atoms with Crippen molar-refractivity contribution in [1.29, 1.82) is 0 Å². The fourth-order valence-electron chi connectivity index (χ4n) is 0.592. The molecule has 0 aliphatic heterocycles. The van der Waals surface area contributed by atoms with Crippen LogP contribution in [0.2, 0.25) is 0 Å². The molecular formula is C12H15N. The van der Waals surface area contributed by atoms with E-state index in [9.17, 15) is 0 Å².